The summed E-state index contributed by atoms with van der Waals surface area (Å²) in [5.74, 6) is -7.40. The van der Waals surface area contributed by atoms with Gasteiger partial charge in [-0.25, -0.2) is 18.4 Å². The monoisotopic (exact) mass is 509 g/mol. The Morgan fingerprint density at radius 2 is 1.43 bits per heavy atom. The minimum Gasteiger partial charge on any atom is -0.505 e. The molecular formula is C25H13F2NO9. The van der Waals surface area contributed by atoms with Gasteiger partial charge in [0.05, 0.1) is 22.3 Å². The van der Waals surface area contributed by atoms with E-state index in [4.69, 9.17) is 14.3 Å². The quantitative estimate of drug-likeness (QED) is 0.394. The lowest BCUT2D eigenvalue weighted by Crippen LogP contribution is -2.33. The lowest BCUT2D eigenvalue weighted by Gasteiger charge is -2.36. The second-order valence-corrected chi connectivity index (χ2v) is 8.49. The number of hydrogen-bond acceptors (Lipinski definition) is 9. The van der Waals surface area contributed by atoms with E-state index in [-0.39, 0.29) is 52.2 Å². The molecule has 3 heterocycles. The number of halogens is 2. The molecule has 1 spiro atoms. The number of phenolic OH excluding ortho intramolecular Hbond substituents is 2. The molecule has 3 aromatic carbocycles. The van der Waals surface area contributed by atoms with E-state index in [9.17, 15) is 38.2 Å². The van der Waals surface area contributed by atoms with E-state index in [1.165, 1.54) is 12.1 Å². The summed E-state index contributed by atoms with van der Waals surface area (Å²) in [6.07, 6.45) is -0.214. The average Bonchev–Trinajstić information content (AvgIpc) is 3.33. The van der Waals surface area contributed by atoms with Crippen LogP contribution < -0.4 is 4.74 Å². The van der Waals surface area contributed by atoms with Crippen molar-refractivity contribution in [3.8, 4) is 23.0 Å². The topological polar surface area (TPSA) is 140 Å². The van der Waals surface area contributed by atoms with Crippen molar-refractivity contribution < 1.29 is 52.5 Å². The number of ether oxygens (including phenoxy) is 2. The largest absolute Gasteiger partial charge is 0.505 e. The van der Waals surface area contributed by atoms with E-state index in [1.54, 1.807) is 0 Å². The van der Waals surface area contributed by atoms with Gasteiger partial charge in [0.1, 0.15) is 11.5 Å². The van der Waals surface area contributed by atoms with E-state index in [0.29, 0.717) is 5.06 Å². The SMILES string of the molecule is O=C(ON1C(=O)CCC1=O)c1ccc2c(c1)C(=O)OC21c2cc(F)c(O)cc2Oc2cc(O)c(F)cc21. The van der Waals surface area contributed by atoms with Crippen molar-refractivity contribution in [2.24, 2.45) is 0 Å². The molecule has 0 radical (unpaired) electrons. The highest BCUT2D eigenvalue weighted by atomic mass is 19.1. The predicted molar refractivity (Wildman–Crippen MR) is 114 cm³/mol. The van der Waals surface area contributed by atoms with Gasteiger partial charge < -0.3 is 24.5 Å². The molecule has 6 rings (SSSR count). The fourth-order valence-electron chi connectivity index (χ4n) is 4.66. The molecule has 0 bridgehead atoms. The van der Waals surface area contributed by atoms with E-state index < -0.39 is 52.5 Å². The summed E-state index contributed by atoms with van der Waals surface area (Å²) in [5.41, 5.74) is -2.45. The second-order valence-electron chi connectivity index (χ2n) is 8.49. The van der Waals surface area contributed by atoms with Crippen molar-refractivity contribution in [1.29, 1.82) is 0 Å². The average molecular weight is 509 g/mol. The molecule has 12 heteroatoms. The molecule has 2 N–H and O–H groups in total. The Hall–Kier alpha value is -5.00. The number of imide groups is 1. The third-order valence-electron chi connectivity index (χ3n) is 6.36. The number of amides is 2. The van der Waals surface area contributed by atoms with Crippen LogP contribution in [0.5, 0.6) is 23.0 Å². The highest BCUT2D eigenvalue weighted by Gasteiger charge is 2.54. The highest BCUT2D eigenvalue weighted by Crippen LogP contribution is 2.57. The summed E-state index contributed by atoms with van der Waals surface area (Å²) in [7, 11) is 0. The lowest BCUT2D eigenvalue weighted by atomic mass is 9.77. The molecule has 3 aliphatic rings. The molecule has 186 valence electrons. The van der Waals surface area contributed by atoms with Crippen LogP contribution in [0.15, 0.2) is 42.5 Å². The molecule has 1 saturated heterocycles. The third kappa shape index (κ3) is 3.08. The summed E-state index contributed by atoms with van der Waals surface area (Å²) >= 11 is 0. The maximum atomic E-state index is 14.5. The Balaban J connectivity index is 1.52. The molecule has 0 aliphatic carbocycles. The number of benzene rings is 3. The minimum atomic E-state index is -1.97. The lowest BCUT2D eigenvalue weighted by molar-refractivity contribution is -0.172. The molecule has 0 aromatic heterocycles. The van der Waals surface area contributed by atoms with Crippen molar-refractivity contribution >= 4 is 23.8 Å². The Morgan fingerprint density at radius 1 is 0.865 bits per heavy atom. The molecule has 2 amide bonds. The zero-order chi connectivity index (χ0) is 26.2. The number of phenols is 2. The summed E-state index contributed by atoms with van der Waals surface area (Å²) in [4.78, 5) is 54.1. The van der Waals surface area contributed by atoms with Gasteiger partial charge in [0.2, 0.25) is 0 Å². The van der Waals surface area contributed by atoms with Crippen LogP contribution in [0.25, 0.3) is 0 Å². The summed E-state index contributed by atoms with van der Waals surface area (Å²) in [6, 6.07) is 7.23. The normalized spacial score (nSPS) is 16.7. The van der Waals surface area contributed by atoms with Crippen LogP contribution in [0, 0.1) is 11.6 Å². The van der Waals surface area contributed by atoms with Gasteiger partial charge in [-0.2, -0.15) is 0 Å². The van der Waals surface area contributed by atoms with Gasteiger partial charge in [-0.1, -0.05) is 6.07 Å². The standard InChI is InChI=1S/C25H13F2NO9/c26-15-6-13-19(8-17(15)29)35-20-9-18(30)16(27)7-14(20)25(13)12-2-1-10(5-11(12)24(34)36-25)23(33)37-28-21(31)3-4-22(28)32/h1-2,5-9,29-30H,3-4H2. The number of hydroxylamine groups is 2. The molecule has 37 heavy (non-hydrogen) atoms. The van der Waals surface area contributed by atoms with Gasteiger partial charge in [-0.15, -0.1) is 5.06 Å². The van der Waals surface area contributed by atoms with E-state index in [2.05, 4.69) is 0 Å². The zero-order valence-electron chi connectivity index (χ0n) is 18.4. The minimum absolute atomic E-state index is 0.0726. The number of hydrogen-bond donors (Lipinski definition) is 2. The Bertz CT molecular complexity index is 1530. The molecule has 0 atom stereocenters. The number of fused-ring (bicyclic) bond motifs is 6. The Kier molecular flexibility index (Phi) is 4.55. The fourth-order valence-corrected chi connectivity index (χ4v) is 4.66. The van der Waals surface area contributed by atoms with E-state index >= 15 is 0 Å². The number of aromatic hydroxyl groups is 2. The first kappa shape index (κ1) is 22.5. The predicted octanol–water partition coefficient (Wildman–Crippen LogP) is 3.16. The Morgan fingerprint density at radius 3 is 2.00 bits per heavy atom. The highest BCUT2D eigenvalue weighted by molar-refractivity contribution is 6.04. The van der Waals surface area contributed by atoms with E-state index in [1.807, 2.05) is 0 Å². The van der Waals surface area contributed by atoms with Gasteiger partial charge in [-0.05, 0) is 24.3 Å². The van der Waals surface area contributed by atoms with Crippen LogP contribution in [0.4, 0.5) is 8.78 Å². The van der Waals surface area contributed by atoms with Gasteiger partial charge >= 0.3 is 11.9 Å². The van der Waals surface area contributed by atoms with Crippen molar-refractivity contribution in [3.63, 3.8) is 0 Å². The second kappa shape index (κ2) is 7.50. The van der Waals surface area contributed by atoms with Crippen LogP contribution in [-0.2, 0) is 24.8 Å². The molecule has 10 nitrogen and oxygen atoms in total. The number of nitrogens with zero attached hydrogens (tertiary/aromatic N) is 1. The molecule has 3 aliphatic heterocycles. The number of carbonyl (C=O) groups is 4. The first-order valence-electron chi connectivity index (χ1n) is 10.8. The van der Waals surface area contributed by atoms with Gasteiger partial charge in [0.25, 0.3) is 11.8 Å². The molecular weight excluding hydrogens is 496 g/mol. The maximum absolute atomic E-state index is 14.5. The third-order valence-corrected chi connectivity index (χ3v) is 6.36. The zero-order valence-corrected chi connectivity index (χ0v) is 18.4. The van der Waals surface area contributed by atoms with Crippen LogP contribution >= 0.6 is 0 Å². The summed E-state index contributed by atoms with van der Waals surface area (Å²) < 4.78 is 40.3. The molecule has 0 unspecified atom stereocenters. The van der Waals surface area contributed by atoms with Crippen LogP contribution in [-0.4, -0.2) is 39.0 Å². The van der Waals surface area contributed by atoms with Crippen molar-refractivity contribution in [1.82, 2.24) is 5.06 Å². The van der Waals surface area contributed by atoms with Crippen LogP contribution in [0.3, 0.4) is 0 Å². The van der Waals surface area contributed by atoms with Crippen LogP contribution in [0.1, 0.15) is 50.2 Å². The fraction of sp³-hybridized carbons (Fsp3) is 0.120. The number of esters is 1. The van der Waals surface area contributed by atoms with Gasteiger partial charge in [0, 0.05) is 30.5 Å². The smallest absolute Gasteiger partial charge is 0.363 e. The molecule has 3 aromatic rings. The number of rotatable bonds is 2. The first-order valence-corrected chi connectivity index (χ1v) is 10.8. The van der Waals surface area contributed by atoms with Gasteiger partial charge in [0.15, 0.2) is 28.7 Å². The molecule has 0 saturated carbocycles. The summed E-state index contributed by atoms with van der Waals surface area (Å²) in [6.45, 7) is 0. The Labute approximate surface area is 205 Å². The number of carbonyl (C=O) groups excluding carboxylic acids is 4. The van der Waals surface area contributed by atoms with Crippen molar-refractivity contribution in [2.75, 3.05) is 0 Å². The summed E-state index contributed by atoms with van der Waals surface area (Å²) in [5, 5.41) is 20.1. The van der Waals surface area contributed by atoms with Gasteiger partial charge in [-0.3, -0.25) is 9.59 Å². The van der Waals surface area contributed by atoms with E-state index in [0.717, 1.165) is 30.3 Å². The van der Waals surface area contributed by atoms with Crippen molar-refractivity contribution in [3.05, 3.63) is 81.9 Å². The van der Waals surface area contributed by atoms with Crippen molar-refractivity contribution in [2.45, 2.75) is 18.4 Å². The molecule has 1 fully saturated rings. The maximum Gasteiger partial charge on any atom is 0.363 e. The van der Waals surface area contributed by atoms with Crippen LogP contribution in [0.2, 0.25) is 0 Å². The first-order chi connectivity index (χ1) is 17.6.